The summed E-state index contributed by atoms with van der Waals surface area (Å²) < 4.78 is 18.8. The van der Waals surface area contributed by atoms with Gasteiger partial charge in [-0.3, -0.25) is 24.5 Å². The summed E-state index contributed by atoms with van der Waals surface area (Å²) in [6, 6.07) is 11.8. The van der Waals surface area contributed by atoms with Crippen molar-refractivity contribution in [3.05, 3.63) is 98.3 Å². The van der Waals surface area contributed by atoms with E-state index in [-0.39, 0.29) is 16.7 Å². The number of imide groups is 1. The molecule has 0 radical (unpaired) electrons. The van der Waals surface area contributed by atoms with E-state index < -0.39 is 52.4 Å². The summed E-state index contributed by atoms with van der Waals surface area (Å²) in [4.78, 5) is 61.6. The van der Waals surface area contributed by atoms with E-state index in [0.717, 1.165) is 34.2 Å². The van der Waals surface area contributed by atoms with Gasteiger partial charge in [-0.2, -0.15) is 0 Å². The minimum Gasteiger partial charge on any atom is -0.452 e. The van der Waals surface area contributed by atoms with Gasteiger partial charge in [0.25, 0.3) is 23.4 Å². The standard InChI is InChI=1S/C25H18FN3O7/c1-13-3-4-14(2)21(9-13)28-23(31)17-7-5-15(10-18(17)24(28)32)25(33)36-12-22(30)27-20-11-16(29(34)35)6-8-19(20)26/h3-11H,12H2,1-2H3,(H,27,30). The van der Waals surface area contributed by atoms with Gasteiger partial charge in [-0.25, -0.2) is 14.1 Å². The van der Waals surface area contributed by atoms with E-state index in [1.54, 1.807) is 19.1 Å². The highest BCUT2D eigenvalue weighted by atomic mass is 19.1. The number of hydrogen-bond donors (Lipinski definition) is 1. The molecule has 0 saturated heterocycles. The number of nitro benzene ring substituents is 1. The largest absolute Gasteiger partial charge is 0.452 e. The van der Waals surface area contributed by atoms with Gasteiger partial charge in [-0.1, -0.05) is 12.1 Å². The van der Waals surface area contributed by atoms with Crippen LogP contribution in [-0.2, 0) is 9.53 Å². The lowest BCUT2D eigenvalue weighted by Gasteiger charge is -2.17. The van der Waals surface area contributed by atoms with Gasteiger partial charge in [0.15, 0.2) is 6.61 Å². The molecule has 1 heterocycles. The molecular weight excluding hydrogens is 473 g/mol. The van der Waals surface area contributed by atoms with Gasteiger partial charge < -0.3 is 10.1 Å². The van der Waals surface area contributed by atoms with Crippen LogP contribution in [0.2, 0.25) is 0 Å². The third-order valence-corrected chi connectivity index (χ3v) is 5.50. The van der Waals surface area contributed by atoms with Gasteiger partial charge in [0, 0.05) is 12.1 Å². The summed E-state index contributed by atoms with van der Waals surface area (Å²) in [7, 11) is 0. The Morgan fingerprint density at radius 1 is 1.00 bits per heavy atom. The van der Waals surface area contributed by atoms with Crippen LogP contribution in [0.15, 0.2) is 54.6 Å². The highest BCUT2D eigenvalue weighted by molar-refractivity contribution is 6.35. The molecule has 4 rings (SSSR count). The van der Waals surface area contributed by atoms with Gasteiger partial charge in [-0.05, 0) is 55.3 Å². The highest BCUT2D eigenvalue weighted by Gasteiger charge is 2.38. The fourth-order valence-corrected chi connectivity index (χ4v) is 3.67. The molecule has 36 heavy (non-hydrogen) atoms. The molecule has 0 atom stereocenters. The van der Waals surface area contributed by atoms with Crippen molar-refractivity contribution in [1.29, 1.82) is 0 Å². The van der Waals surface area contributed by atoms with Crippen LogP contribution in [0.25, 0.3) is 0 Å². The van der Waals surface area contributed by atoms with Crippen LogP contribution in [0, 0.1) is 29.8 Å². The number of rotatable bonds is 6. The minimum absolute atomic E-state index is 0.0125. The van der Waals surface area contributed by atoms with Crippen molar-refractivity contribution in [2.75, 3.05) is 16.8 Å². The molecule has 0 unspecified atom stereocenters. The fourth-order valence-electron chi connectivity index (χ4n) is 3.67. The van der Waals surface area contributed by atoms with E-state index >= 15 is 0 Å². The number of nitro groups is 1. The molecule has 182 valence electrons. The summed E-state index contributed by atoms with van der Waals surface area (Å²) in [5.41, 5.74) is 1.20. The Kier molecular flexibility index (Phi) is 6.30. The van der Waals surface area contributed by atoms with Crippen molar-refractivity contribution in [1.82, 2.24) is 0 Å². The number of carbonyl (C=O) groups is 4. The first-order valence-corrected chi connectivity index (χ1v) is 10.6. The van der Waals surface area contributed by atoms with Crippen LogP contribution in [-0.4, -0.2) is 35.2 Å². The summed E-state index contributed by atoms with van der Waals surface area (Å²) >= 11 is 0. The molecule has 1 N–H and O–H groups in total. The third kappa shape index (κ3) is 4.53. The zero-order chi connectivity index (χ0) is 26.1. The summed E-state index contributed by atoms with van der Waals surface area (Å²) in [6.45, 7) is 2.78. The summed E-state index contributed by atoms with van der Waals surface area (Å²) in [5, 5.41) is 12.9. The molecule has 1 aliphatic rings. The van der Waals surface area contributed by atoms with Gasteiger partial charge in [-0.15, -0.1) is 0 Å². The molecule has 0 bridgehead atoms. The predicted octanol–water partition coefficient (Wildman–Crippen LogP) is 3.95. The molecule has 3 aromatic carbocycles. The number of esters is 1. The molecule has 0 aromatic heterocycles. The number of fused-ring (bicyclic) bond motifs is 1. The van der Waals surface area contributed by atoms with Crippen molar-refractivity contribution < 1.29 is 33.2 Å². The monoisotopic (exact) mass is 491 g/mol. The van der Waals surface area contributed by atoms with Crippen molar-refractivity contribution in [3.8, 4) is 0 Å². The number of ether oxygens (including phenoxy) is 1. The first kappa shape index (κ1) is 24.2. The maximum absolute atomic E-state index is 13.8. The van der Waals surface area contributed by atoms with Gasteiger partial charge in [0.2, 0.25) is 0 Å². The van der Waals surface area contributed by atoms with Crippen molar-refractivity contribution in [2.45, 2.75) is 13.8 Å². The molecular formula is C25H18FN3O7. The van der Waals surface area contributed by atoms with E-state index in [2.05, 4.69) is 5.32 Å². The van der Waals surface area contributed by atoms with Crippen LogP contribution in [0.5, 0.6) is 0 Å². The molecule has 0 saturated carbocycles. The fraction of sp³-hybridized carbons (Fsp3) is 0.120. The SMILES string of the molecule is Cc1ccc(C)c(N2C(=O)c3ccc(C(=O)OCC(=O)Nc4cc([N+](=O)[O-])ccc4F)cc3C2=O)c1. The number of carbonyl (C=O) groups excluding carboxylic acids is 4. The molecule has 0 fully saturated rings. The van der Waals surface area contributed by atoms with Crippen molar-refractivity contribution in [3.63, 3.8) is 0 Å². The maximum Gasteiger partial charge on any atom is 0.338 e. The van der Waals surface area contributed by atoms with Crippen LogP contribution in [0.4, 0.5) is 21.5 Å². The second-order valence-electron chi connectivity index (χ2n) is 8.04. The first-order chi connectivity index (χ1) is 17.1. The molecule has 0 aliphatic carbocycles. The average Bonchev–Trinajstić information content (AvgIpc) is 3.09. The zero-order valence-corrected chi connectivity index (χ0v) is 19.0. The summed E-state index contributed by atoms with van der Waals surface area (Å²) in [5.74, 6) is -3.93. The Bertz CT molecular complexity index is 1470. The van der Waals surface area contributed by atoms with Crippen LogP contribution in [0.3, 0.4) is 0 Å². The number of benzene rings is 3. The van der Waals surface area contributed by atoms with Crippen molar-refractivity contribution in [2.24, 2.45) is 0 Å². The number of hydrogen-bond acceptors (Lipinski definition) is 7. The maximum atomic E-state index is 13.8. The van der Waals surface area contributed by atoms with Gasteiger partial charge in [0.05, 0.1) is 33.0 Å². The summed E-state index contributed by atoms with van der Waals surface area (Å²) in [6.07, 6.45) is 0. The lowest BCUT2D eigenvalue weighted by molar-refractivity contribution is -0.384. The third-order valence-electron chi connectivity index (χ3n) is 5.50. The Morgan fingerprint density at radius 2 is 1.72 bits per heavy atom. The minimum atomic E-state index is -0.960. The number of anilines is 2. The number of aryl methyl sites for hydroxylation is 2. The van der Waals surface area contributed by atoms with E-state index in [9.17, 15) is 33.7 Å². The van der Waals surface area contributed by atoms with E-state index in [1.165, 1.54) is 18.2 Å². The molecule has 10 nitrogen and oxygen atoms in total. The number of amides is 3. The van der Waals surface area contributed by atoms with E-state index in [1.807, 2.05) is 13.0 Å². The number of nitrogens with one attached hydrogen (secondary N) is 1. The van der Waals surface area contributed by atoms with Crippen LogP contribution in [0.1, 0.15) is 42.2 Å². The number of halogens is 1. The molecule has 3 aromatic rings. The number of non-ortho nitro benzene ring substituents is 1. The molecule has 3 amide bonds. The second kappa shape index (κ2) is 9.37. The number of nitrogens with zero attached hydrogens (tertiary/aromatic N) is 2. The lowest BCUT2D eigenvalue weighted by atomic mass is 10.1. The van der Waals surface area contributed by atoms with Crippen LogP contribution >= 0.6 is 0 Å². The quantitative estimate of drug-likeness (QED) is 0.239. The zero-order valence-electron chi connectivity index (χ0n) is 19.0. The Morgan fingerprint density at radius 3 is 2.44 bits per heavy atom. The average molecular weight is 491 g/mol. The normalized spacial score (nSPS) is 12.4. The van der Waals surface area contributed by atoms with E-state index in [0.29, 0.717) is 5.69 Å². The Hall–Kier alpha value is -4.93. The highest BCUT2D eigenvalue weighted by Crippen LogP contribution is 2.32. The van der Waals surface area contributed by atoms with Crippen LogP contribution < -0.4 is 10.2 Å². The second-order valence-corrected chi connectivity index (χ2v) is 8.04. The smallest absolute Gasteiger partial charge is 0.338 e. The van der Waals surface area contributed by atoms with E-state index in [4.69, 9.17) is 4.74 Å². The first-order valence-electron chi connectivity index (χ1n) is 10.6. The predicted molar refractivity (Wildman–Crippen MR) is 125 cm³/mol. The Labute approximate surface area is 203 Å². The van der Waals surface area contributed by atoms with Gasteiger partial charge in [0.1, 0.15) is 5.82 Å². The lowest BCUT2D eigenvalue weighted by Crippen LogP contribution is -2.30. The van der Waals surface area contributed by atoms with Crippen molar-refractivity contribution >= 4 is 40.8 Å². The molecule has 0 spiro atoms. The Balaban J connectivity index is 1.47. The molecule has 11 heteroatoms. The topological polar surface area (TPSA) is 136 Å². The molecule has 1 aliphatic heterocycles. The van der Waals surface area contributed by atoms with Gasteiger partial charge >= 0.3 is 5.97 Å².